The molecule has 2 N–H and O–H groups in total. The van der Waals surface area contributed by atoms with E-state index in [9.17, 15) is 19.2 Å². The molecule has 1 saturated heterocycles. The second-order valence-corrected chi connectivity index (χ2v) is 11.8. The zero-order valence-corrected chi connectivity index (χ0v) is 23.7. The number of methoxy groups -OCH3 is 1. The monoisotopic (exact) mass is 587 g/mol. The number of thioether (sulfide) groups is 1. The molecular formula is C30H25N3O6S2. The average Bonchev–Trinajstić information content (AvgIpc) is 3.47. The number of fused-ring (bicyclic) bond motifs is 2. The van der Waals surface area contributed by atoms with Gasteiger partial charge in [-0.1, -0.05) is 59.5 Å². The average molecular weight is 588 g/mol. The number of carbonyl (C=O) groups is 3. The molecule has 1 fully saturated rings. The molecule has 6 rings (SSSR count). The van der Waals surface area contributed by atoms with Crippen LogP contribution in [0.2, 0.25) is 0 Å². The van der Waals surface area contributed by atoms with Crippen molar-refractivity contribution < 1.29 is 23.9 Å². The first-order valence-corrected chi connectivity index (χ1v) is 14.5. The standard InChI is InChI=1S/C30H25N3O6S2/c1-16-7-3-5-9-20(16)31-22(34)15-39-21-10-6-4-8-19(21)23-24-26(40-27-25(23)41-30(37)32-27)29(36)33(28(24)35)17-11-13-18(38-2)14-12-17/h3-14,23-24,26H,15H2,1-2H3,(H,31,34)(H,32,37)/t23-,24-,26+/m0/s1. The molecule has 3 heterocycles. The number of aryl methyl sites for hydroxylation is 1. The minimum atomic E-state index is -0.779. The molecule has 4 aromatic rings. The topological polar surface area (TPSA) is 118 Å². The highest BCUT2D eigenvalue weighted by Crippen LogP contribution is 2.54. The second-order valence-electron chi connectivity index (χ2n) is 9.65. The van der Waals surface area contributed by atoms with Gasteiger partial charge in [-0.15, -0.1) is 0 Å². The van der Waals surface area contributed by atoms with Crippen LogP contribution >= 0.6 is 23.1 Å². The number of aromatic amines is 1. The van der Waals surface area contributed by atoms with Crippen LogP contribution in [0.3, 0.4) is 0 Å². The molecule has 3 atom stereocenters. The molecule has 9 nitrogen and oxygen atoms in total. The summed E-state index contributed by atoms with van der Waals surface area (Å²) in [4.78, 5) is 57.3. The fraction of sp³-hybridized carbons (Fsp3) is 0.200. The number of anilines is 2. The van der Waals surface area contributed by atoms with Crippen LogP contribution in [0.1, 0.15) is 21.9 Å². The van der Waals surface area contributed by atoms with E-state index in [1.807, 2.05) is 43.3 Å². The van der Waals surface area contributed by atoms with E-state index in [0.29, 0.717) is 38.3 Å². The summed E-state index contributed by atoms with van der Waals surface area (Å²) in [5, 5.41) is 2.67. The van der Waals surface area contributed by atoms with E-state index in [1.54, 1.807) is 43.5 Å². The molecule has 11 heteroatoms. The van der Waals surface area contributed by atoms with Gasteiger partial charge in [0.15, 0.2) is 6.61 Å². The third-order valence-corrected chi connectivity index (χ3v) is 9.59. The van der Waals surface area contributed by atoms with Crippen molar-refractivity contribution in [2.45, 2.75) is 23.1 Å². The van der Waals surface area contributed by atoms with E-state index in [0.717, 1.165) is 16.9 Å². The Morgan fingerprint density at radius 1 is 0.976 bits per heavy atom. The maximum absolute atomic E-state index is 14.0. The van der Waals surface area contributed by atoms with Gasteiger partial charge in [0.25, 0.3) is 5.91 Å². The van der Waals surface area contributed by atoms with Gasteiger partial charge in [0.2, 0.25) is 11.8 Å². The third kappa shape index (κ3) is 4.91. The van der Waals surface area contributed by atoms with Crippen LogP contribution in [-0.2, 0) is 14.4 Å². The van der Waals surface area contributed by atoms with Crippen molar-refractivity contribution >= 4 is 52.2 Å². The lowest BCUT2D eigenvalue weighted by Crippen LogP contribution is -2.32. The number of amides is 3. The maximum Gasteiger partial charge on any atom is 0.305 e. The molecule has 0 saturated carbocycles. The number of para-hydroxylation sites is 2. The minimum absolute atomic E-state index is 0.262. The van der Waals surface area contributed by atoms with Gasteiger partial charge in [0, 0.05) is 22.0 Å². The second kappa shape index (κ2) is 10.9. The number of aromatic nitrogens is 1. The molecule has 3 amide bonds. The normalized spacial score (nSPS) is 19.5. The lowest BCUT2D eigenvalue weighted by atomic mass is 9.82. The van der Waals surface area contributed by atoms with E-state index in [-0.39, 0.29) is 29.2 Å². The van der Waals surface area contributed by atoms with Crippen molar-refractivity contribution in [3.63, 3.8) is 0 Å². The van der Waals surface area contributed by atoms with Gasteiger partial charge >= 0.3 is 4.87 Å². The molecular weight excluding hydrogens is 562 g/mol. The number of ether oxygens (including phenoxy) is 2. The predicted octanol–water partition coefficient (Wildman–Crippen LogP) is 4.57. The predicted molar refractivity (Wildman–Crippen MR) is 157 cm³/mol. The number of H-pyrrole nitrogens is 1. The van der Waals surface area contributed by atoms with E-state index in [1.165, 1.54) is 16.7 Å². The number of rotatable bonds is 7. The molecule has 3 aromatic carbocycles. The van der Waals surface area contributed by atoms with E-state index < -0.39 is 17.1 Å². The minimum Gasteiger partial charge on any atom is -0.497 e. The van der Waals surface area contributed by atoms with Gasteiger partial charge in [0.1, 0.15) is 16.7 Å². The summed E-state index contributed by atoms with van der Waals surface area (Å²) in [7, 11) is 1.54. The Hall–Kier alpha value is -4.35. The zero-order valence-electron chi connectivity index (χ0n) is 22.1. The van der Waals surface area contributed by atoms with Gasteiger partial charge in [-0.3, -0.25) is 19.2 Å². The van der Waals surface area contributed by atoms with Gasteiger partial charge in [-0.05, 0) is 48.9 Å². The molecule has 0 bridgehead atoms. The molecule has 41 heavy (non-hydrogen) atoms. The van der Waals surface area contributed by atoms with E-state index in [4.69, 9.17) is 9.47 Å². The zero-order chi connectivity index (χ0) is 28.7. The number of hydrogen-bond donors (Lipinski definition) is 2. The Morgan fingerprint density at radius 3 is 2.46 bits per heavy atom. The lowest BCUT2D eigenvalue weighted by molar-refractivity contribution is -0.122. The molecule has 2 aliphatic heterocycles. The summed E-state index contributed by atoms with van der Waals surface area (Å²) < 4.78 is 11.2. The summed E-state index contributed by atoms with van der Waals surface area (Å²) in [5.41, 5.74) is 2.69. The molecule has 208 valence electrons. The van der Waals surface area contributed by atoms with Crippen LogP contribution in [0.4, 0.5) is 11.4 Å². The highest BCUT2D eigenvalue weighted by atomic mass is 32.2. The van der Waals surface area contributed by atoms with Crippen LogP contribution in [0.25, 0.3) is 0 Å². The fourth-order valence-electron chi connectivity index (χ4n) is 5.25. The SMILES string of the molecule is COc1ccc(N2C(=O)[C@H]3[C@H](c4ccccc4OCC(=O)Nc4ccccc4C)c4sc(=O)[nH]c4S[C@H]3C2=O)cc1. The number of carbonyl (C=O) groups excluding carboxylic acids is 3. The van der Waals surface area contributed by atoms with Crippen molar-refractivity contribution in [3.05, 3.63) is 98.5 Å². The third-order valence-electron chi connectivity index (χ3n) is 7.19. The Balaban J connectivity index is 1.34. The van der Waals surface area contributed by atoms with Crippen LogP contribution in [0.5, 0.6) is 11.5 Å². The van der Waals surface area contributed by atoms with Gasteiger partial charge < -0.3 is 19.8 Å². The molecule has 0 aliphatic carbocycles. The Labute approximate surface area is 243 Å². The highest BCUT2D eigenvalue weighted by molar-refractivity contribution is 8.00. The van der Waals surface area contributed by atoms with Gasteiger partial charge in [-0.25, -0.2) is 4.90 Å². The van der Waals surface area contributed by atoms with Crippen molar-refractivity contribution in [2.75, 3.05) is 23.9 Å². The summed E-state index contributed by atoms with van der Waals surface area (Å²) in [6.45, 7) is 1.64. The number of thiazole rings is 1. The summed E-state index contributed by atoms with van der Waals surface area (Å²) in [6.07, 6.45) is 0. The fourth-order valence-corrected chi connectivity index (χ4v) is 7.76. The molecule has 0 spiro atoms. The number of hydrogen-bond acceptors (Lipinski definition) is 8. The van der Waals surface area contributed by atoms with Crippen molar-refractivity contribution in [1.29, 1.82) is 0 Å². The van der Waals surface area contributed by atoms with E-state index >= 15 is 0 Å². The van der Waals surface area contributed by atoms with Crippen molar-refractivity contribution in [2.24, 2.45) is 5.92 Å². The van der Waals surface area contributed by atoms with E-state index in [2.05, 4.69) is 10.3 Å². The van der Waals surface area contributed by atoms with Gasteiger partial charge in [0.05, 0.1) is 23.7 Å². The van der Waals surface area contributed by atoms with Crippen molar-refractivity contribution in [3.8, 4) is 11.5 Å². The summed E-state index contributed by atoms with van der Waals surface area (Å²) >= 11 is 2.22. The molecule has 0 radical (unpaired) electrons. The van der Waals surface area contributed by atoms with Crippen molar-refractivity contribution in [1.82, 2.24) is 4.98 Å². The number of imide groups is 1. The largest absolute Gasteiger partial charge is 0.497 e. The Morgan fingerprint density at radius 2 is 1.71 bits per heavy atom. The summed E-state index contributed by atoms with van der Waals surface area (Å²) in [6, 6.07) is 21.3. The number of benzene rings is 3. The van der Waals surface area contributed by atoms with Crippen LogP contribution in [-0.4, -0.2) is 41.7 Å². The molecule has 0 unspecified atom stereocenters. The van der Waals surface area contributed by atoms with Gasteiger partial charge in [-0.2, -0.15) is 0 Å². The van der Waals surface area contributed by atoms with Crippen LogP contribution < -0.4 is 24.6 Å². The quantitative estimate of drug-likeness (QED) is 0.304. The Kier molecular flexibility index (Phi) is 7.14. The first kappa shape index (κ1) is 26.9. The first-order valence-electron chi connectivity index (χ1n) is 12.8. The summed E-state index contributed by atoms with van der Waals surface area (Å²) in [5.74, 6) is -1.45. The first-order chi connectivity index (χ1) is 19.9. The Bertz CT molecular complexity index is 1710. The lowest BCUT2D eigenvalue weighted by Gasteiger charge is -2.30. The maximum atomic E-state index is 14.0. The molecule has 1 aromatic heterocycles. The van der Waals surface area contributed by atoms with Crippen LogP contribution in [0.15, 0.2) is 82.6 Å². The smallest absolute Gasteiger partial charge is 0.305 e. The van der Waals surface area contributed by atoms with Crippen LogP contribution in [0, 0.1) is 12.8 Å². The number of nitrogens with one attached hydrogen (secondary N) is 2. The number of nitrogens with zero attached hydrogens (tertiary/aromatic N) is 1. The molecule has 2 aliphatic rings. The highest BCUT2D eigenvalue weighted by Gasteiger charge is 2.56.